The highest BCUT2D eigenvalue weighted by Gasteiger charge is 2.35. The van der Waals surface area contributed by atoms with Crippen LogP contribution in [0.3, 0.4) is 0 Å². The molecule has 1 N–H and O–H groups in total. The molecule has 9 nitrogen and oxygen atoms in total. The van der Waals surface area contributed by atoms with Crippen molar-refractivity contribution < 1.29 is 27.5 Å². The average Bonchev–Trinajstić information content (AvgIpc) is 3.09. The summed E-state index contributed by atoms with van der Waals surface area (Å²) in [4.78, 5) is 30.2. The molecule has 0 bridgehead atoms. The van der Waals surface area contributed by atoms with Crippen LogP contribution in [0, 0.1) is 6.92 Å². The second-order valence-corrected chi connectivity index (χ2v) is 13.3. The molecular weight excluding hydrogens is 614 g/mol. The van der Waals surface area contributed by atoms with Crippen molar-refractivity contribution in [2.45, 2.75) is 57.1 Å². The number of amides is 2. The van der Waals surface area contributed by atoms with Gasteiger partial charge in [0.1, 0.15) is 24.1 Å². The van der Waals surface area contributed by atoms with E-state index in [9.17, 15) is 18.0 Å². The predicted octanol–water partition coefficient (Wildman–Crippen LogP) is 5.76. The molecule has 2 amide bonds. The molecule has 0 aliphatic rings. The van der Waals surface area contributed by atoms with Crippen LogP contribution in [-0.4, -0.2) is 58.0 Å². The van der Waals surface area contributed by atoms with Crippen LogP contribution in [0.25, 0.3) is 0 Å². The van der Waals surface area contributed by atoms with E-state index in [1.165, 1.54) is 24.1 Å². The van der Waals surface area contributed by atoms with Gasteiger partial charge in [-0.3, -0.25) is 13.9 Å². The highest BCUT2D eigenvalue weighted by Crippen LogP contribution is 2.33. The van der Waals surface area contributed by atoms with E-state index in [-0.39, 0.29) is 41.2 Å². The minimum absolute atomic E-state index is 0.0245. The monoisotopic (exact) mass is 657 g/mol. The molecule has 0 saturated carbocycles. The van der Waals surface area contributed by atoms with Gasteiger partial charge < -0.3 is 19.7 Å². The number of rotatable bonds is 15. The van der Waals surface area contributed by atoms with Gasteiger partial charge in [0.25, 0.3) is 10.0 Å². The zero-order valence-corrected chi connectivity index (χ0v) is 28.4. The van der Waals surface area contributed by atoms with Gasteiger partial charge in [-0.15, -0.1) is 0 Å². The number of nitrogens with one attached hydrogen (secondary N) is 1. The van der Waals surface area contributed by atoms with Crippen molar-refractivity contribution in [3.63, 3.8) is 0 Å². The smallest absolute Gasteiger partial charge is 0.264 e. The first-order chi connectivity index (χ1) is 22.6. The van der Waals surface area contributed by atoms with E-state index in [1.807, 2.05) is 63.2 Å². The maximum atomic E-state index is 14.7. The summed E-state index contributed by atoms with van der Waals surface area (Å²) in [5, 5.41) is 3.05. The molecule has 0 spiro atoms. The molecule has 2 unspecified atom stereocenters. The average molecular weight is 658 g/mol. The van der Waals surface area contributed by atoms with Crippen LogP contribution < -0.4 is 19.1 Å². The Kier molecular flexibility index (Phi) is 12.0. The van der Waals surface area contributed by atoms with Crippen LogP contribution >= 0.6 is 0 Å². The van der Waals surface area contributed by atoms with Gasteiger partial charge in [0.05, 0.1) is 24.8 Å². The maximum Gasteiger partial charge on any atom is 0.264 e. The Hall–Kier alpha value is -4.83. The standard InChI is InChI=1S/C37H43N3O6S/c1-6-28(3)38-37(42)34(24-29-13-8-7-9-14-29)39(25-30-15-12-16-31(23-30)45-4)36(41)26-40(33-17-10-11-18-35(33)46-5)47(43,44)32-21-19-27(2)20-22-32/h7-23,28,34H,6,24-26H2,1-5H3,(H,38,42). The molecule has 0 radical (unpaired) electrons. The third-order valence-electron chi connectivity index (χ3n) is 8.00. The second kappa shape index (κ2) is 16.1. The molecule has 0 heterocycles. The number of carbonyl (C=O) groups is 2. The molecule has 10 heteroatoms. The normalized spacial score (nSPS) is 12.4. The lowest BCUT2D eigenvalue weighted by molar-refractivity contribution is -0.140. The van der Waals surface area contributed by atoms with E-state index in [0.717, 1.165) is 21.0 Å². The van der Waals surface area contributed by atoms with Gasteiger partial charge in [0.15, 0.2) is 0 Å². The van der Waals surface area contributed by atoms with Crippen molar-refractivity contribution in [1.29, 1.82) is 0 Å². The van der Waals surface area contributed by atoms with Gasteiger partial charge in [0.2, 0.25) is 11.8 Å². The van der Waals surface area contributed by atoms with E-state index in [4.69, 9.17) is 9.47 Å². The molecule has 0 aromatic heterocycles. The van der Waals surface area contributed by atoms with Gasteiger partial charge in [-0.2, -0.15) is 0 Å². The SMILES string of the molecule is CCC(C)NC(=O)C(Cc1ccccc1)N(Cc1cccc(OC)c1)C(=O)CN(c1ccccc1OC)S(=O)(=O)c1ccc(C)cc1. The molecule has 0 fully saturated rings. The predicted molar refractivity (Wildman–Crippen MR) is 184 cm³/mol. The van der Waals surface area contributed by atoms with Gasteiger partial charge in [-0.05, 0) is 67.8 Å². The molecule has 47 heavy (non-hydrogen) atoms. The highest BCUT2D eigenvalue weighted by atomic mass is 32.2. The van der Waals surface area contributed by atoms with Crippen molar-refractivity contribution in [2.75, 3.05) is 25.1 Å². The lowest BCUT2D eigenvalue weighted by Crippen LogP contribution is -2.54. The van der Waals surface area contributed by atoms with Crippen LogP contribution in [0.4, 0.5) is 5.69 Å². The summed E-state index contributed by atoms with van der Waals surface area (Å²) in [6.45, 7) is 5.20. The third-order valence-corrected chi connectivity index (χ3v) is 9.77. The van der Waals surface area contributed by atoms with Gasteiger partial charge in [-0.25, -0.2) is 8.42 Å². The minimum Gasteiger partial charge on any atom is -0.497 e. The fourth-order valence-corrected chi connectivity index (χ4v) is 6.57. The van der Waals surface area contributed by atoms with Crippen LogP contribution in [0.2, 0.25) is 0 Å². The molecule has 4 aromatic carbocycles. The van der Waals surface area contributed by atoms with E-state index in [2.05, 4.69) is 5.32 Å². The molecule has 0 saturated heterocycles. The number of methoxy groups -OCH3 is 2. The lowest BCUT2D eigenvalue weighted by Gasteiger charge is -2.34. The third kappa shape index (κ3) is 8.92. The van der Waals surface area contributed by atoms with E-state index in [0.29, 0.717) is 12.2 Å². The van der Waals surface area contributed by atoms with E-state index in [1.54, 1.807) is 55.6 Å². The molecular formula is C37H43N3O6S. The summed E-state index contributed by atoms with van der Waals surface area (Å²) in [6.07, 6.45) is 0.919. The number of sulfonamides is 1. The topological polar surface area (TPSA) is 105 Å². The number of ether oxygens (including phenoxy) is 2. The van der Waals surface area contributed by atoms with Gasteiger partial charge in [0, 0.05) is 19.0 Å². The van der Waals surface area contributed by atoms with Gasteiger partial charge in [-0.1, -0.05) is 79.2 Å². The van der Waals surface area contributed by atoms with Crippen molar-refractivity contribution in [2.24, 2.45) is 0 Å². The van der Waals surface area contributed by atoms with Crippen LogP contribution in [0.15, 0.2) is 108 Å². The zero-order chi connectivity index (χ0) is 34.0. The summed E-state index contributed by atoms with van der Waals surface area (Å²) < 4.78 is 40.6. The van der Waals surface area contributed by atoms with Crippen molar-refractivity contribution in [3.8, 4) is 11.5 Å². The molecule has 0 aliphatic carbocycles. The number of hydrogen-bond donors (Lipinski definition) is 1. The lowest BCUT2D eigenvalue weighted by atomic mass is 10.0. The summed E-state index contributed by atoms with van der Waals surface area (Å²) in [7, 11) is -1.26. The molecule has 248 valence electrons. The Morgan fingerprint density at radius 2 is 1.49 bits per heavy atom. The second-order valence-electron chi connectivity index (χ2n) is 11.4. The summed E-state index contributed by atoms with van der Waals surface area (Å²) in [5.41, 5.74) is 2.67. The Morgan fingerprint density at radius 3 is 2.15 bits per heavy atom. The summed E-state index contributed by atoms with van der Waals surface area (Å²) in [5.74, 6) is -0.0128. The molecule has 4 aromatic rings. The highest BCUT2D eigenvalue weighted by molar-refractivity contribution is 7.92. The minimum atomic E-state index is -4.26. The number of para-hydroxylation sites is 2. The van der Waals surface area contributed by atoms with E-state index < -0.39 is 28.5 Å². The number of carbonyl (C=O) groups excluding carboxylic acids is 2. The first-order valence-electron chi connectivity index (χ1n) is 15.6. The molecule has 0 aliphatic heterocycles. The van der Waals surface area contributed by atoms with Crippen molar-refractivity contribution >= 4 is 27.5 Å². The first-order valence-corrected chi connectivity index (χ1v) is 17.0. The van der Waals surface area contributed by atoms with Crippen molar-refractivity contribution in [1.82, 2.24) is 10.2 Å². The molecule has 4 rings (SSSR count). The Bertz CT molecular complexity index is 1750. The number of hydrogen-bond acceptors (Lipinski definition) is 6. The zero-order valence-electron chi connectivity index (χ0n) is 27.6. The van der Waals surface area contributed by atoms with Crippen LogP contribution in [0.5, 0.6) is 11.5 Å². The van der Waals surface area contributed by atoms with Crippen LogP contribution in [0.1, 0.15) is 37.0 Å². The quantitative estimate of drug-likeness (QED) is 0.174. The first kappa shape index (κ1) is 35.0. The number of nitrogens with zero attached hydrogens (tertiary/aromatic N) is 2. The summed E-state index contributed by atoms with van der Waals surface area (Å²) >= 11 is 0. The van der Waals surface area contributed by atoms with Crippen LogP contribution in [-0.2, 0) is 32.6 Å². The fraction of sp³-hybridized carbons (Fsp3) is 0.297. The Labute approximate surface area is 278 Å². The number of anilines is 1. The summed E-state index contributed by atoms with van der Waals surface area (Å²) in [6, 6.07) is 28.7. The Morgan fingerprint density at radius 1 is 0.830 bits per heavy atom. The number of benzene rings is 4. The van der Waals surface area contributed by atoms with Gasteiger partial charge >= 0.3 is 0 Å². The number of aryl methyl sites for hydroxylation is 1. The Balaban J connectivity index is 1.84. The molecule has 2 atom stereocenters. The fourth-order valence-electron chi connectivity index (χ4n) is 5.15. The van der Waals surface area contributed by atoms with E-state index >= 15 is 0 Å². The maximum absolute atomic E-state index is 14.7. The van der Waals surface area contributed by atoms with Crippen molar-refractivity contribution in [3.05, 3.63) is 120 Å². The largest absolute Gasteiger partial charge is 0.497 e.